The van der Waals surface area contributed by atoms with Gasteiger partial charge in [0.2, 0.25) is 0 Å². The molecule has 1 atom stereocenters. The Morgan fingerprint density at radius 2 is 2.43 bits per heavy atom. The van der Waals surface area contributed by atoms with Crippen molar-refractivity contribution in [1.29, 1.82) is 0 Å². The Labute approximate surface area is 85.1 Å². The molecule has 1 heterocycles. The normalized spacial score (nSPS) is 13.1. The van der Waals surface area contributed by atoms with Crippen molar-refractivity contribution < 1.29 is 4.74 Å². The van der Waals surface area contributed by atoms with Crippen molar-refractivity contribution in [3.63, 3.8) is 0 Å². The summed E-state index contributed by atoms with van der Waals surface area (Å²) in [7, 11) is 1.68. The first-order chi connectivity index (χ1) is 6.77. The highest BCUT2D eigenvalue weighted by Crippen LogP contribution is 2.10. The van der Waals surface area contributed by atoms with Gasteiger partial charge in [0.25, 0.3) is 0 Å². The number of hydrogen-bond donors (Lipinski definition) is 2. The first-order valence-corrected chi connectivity index (χ1v) is 5.05. The molecule has 0 aromatic carbocycles. The fourth-order valence-corrected chi connectivity index (χ4v) is 1.18. The summed E-state index contributed by atoms with van der Waals surface area (Å²) in [5.74, 6) is 0.890. The maximum absolute atomic E-state index is 5.16. The van der Waals surface area contributed by atoms with Crippen LogP contribution >= 0.6 is 0 Å². The molecule has 1 aromatic heterocycles. The van der Waals surface area contributed by atoms with Gasteiger partial charge in [0.1, 0.15) is 11.9 Å². The van der Waals surface area contributed by atoms with E-state index in [1.807, 2.05) is 13.1 Å². The van der Waals surface area contributed by atoms with Crippen LogP contribution in [0.5, 0.6) is 0 Å². The highest BCUT2D eigenvalue weighted by molar-refractivity contribution is 5.02. The largest absolute Gasteiger partial charge is 0.374 e. The van der Waals surface area contributed by atoms with Crippen LogP contribution in [0, 0.1) is 0 Å². The molecule has 4 nitrogen and oxygen atoms in total. The molecule has 1 aromatic rings. The predicted octanol–water partition coefficient (Wildman–Crippen LogP) is 1.62. The minimum Gasteiger partial charge on any atom is -0.374 e. The third-order valence-corrected chi connectivity index (χ3v) is 2.13. The number of aromatic amines is 1. The van der Waals surface area contributed by atoms with Crippen LogP contribution in [0.15, 0.2) is 6.20 Å². The highest BCUT2D eigenvalue weighted by atomic mass is 16.5. The van der Waals surface area contributed by atoms with Crippen molar-refractivity contribution in [2.75, 3.05) is 13.7 Å². The molecule has 14 heavy (non-hydrogen) atoms. The Morgan fingerprint density at radius 1 is 1.64 bits per heavy atom. The average Bonchev–Trinajstić information content (AvgIpc) is 2.66. The van der Waals surface area contributed by atoms with Gasteiger partial charge in [-0.15, -0.1) is 0 Å². The van der Waals surface area contributed by atoms with Gasteiger partial charge in [-0.3, -0.25) is 0 Å². The van der Waals surface area contributed by atoms with Gasteiger partial charge in [-0.2, -0.15) is 0 Å². The first kappa shape index (κ1) is 11.2. The lowest BCUT2D eigenvalue weighted by Gasteiger charge is -2.04. The number of nitrogens with one attached hydrogen (secondary N) is 2. The van der Waals surface area contributed by atoms with Gasteiger partial charge >= 0.3 is 0 Å². The quantitative estimate of drug-likeness (QED) is 0.681. The Morgan fingerprint density at radius 3 is 3.07 bits per heavy atom. The predicted molar refractivity (Wildman–Crippen MR) is 56.0 cm³/mol. The molecule has 1 unspecified atom stereocenters. The molecule has 0 bridgehead atoms. The van der Waals surface area contributed by atoms with Crippen molar-refractivity contribution in [3.8, 4) is 0 Å². The molecule has 0 aliphatic heterocycles. The minimum absolute atomic E-state index is 0.0370. The topological polar surface area (TPSA) is 49.9 Å². The smallest absolute Gasteiger partial charge is 0.135 e. The van der Waals surface area contributed by atoms with Gasteiger partial charge in [-0.25, -0.2) is 4.98 Å². The molecule has 0 amide bonds. The monoisotopic (exact) mass is 197 g/mol. The van der Waals surface area contributed by atoms with E-state index < -0.39 is 0 Å². The Hall–Kier alpha value is -0.870. The van der Waals surface area contributed by atoms with Crippen LogP contribution in [-0.4, -0.2) is 23.6 Å². The number of rotatable bonds is 6. The van der Waals surface area contributed by atoms with E-state index in [1.165, 1.54) is 0 Å². The Balaban J connectivity index is 2.42. The summed E-state index contributed by atoms with van der Waals surface area (Å²) in [6.45, 7) is 6.01. The summed E-state index contributed by atoms with van der Waals surface area (Å²) in [5, 5.41) is 3.31. The molecule has 0 fully saturated rings. The molecular formula is C10H19N3O. The molecule has 1 rings (SSSR count). The fourth-order valence-electron chi connectivity index (χ4n) is 1.18. The van der Waals surface area contributed by atoms with Crippen molar-refractivity contribution in [1.82, 2.24) is 15.3 Å². The molecule has 0 radical (unpaired) electrons. The lowest BCUT2D eigenvalue weighted by atomic mass is 10.4. The molecule has 0 saturated carbocycles. The van der Waals surface area contributed by atoms with Gasteiger partial charge in [0.15, 0.2) is 0 Å². The molecule has 4 heteroatoms. The second kappa shape index (κ2) is 5.78. The fraction of sp³-hybridized carbons (Fsp3) is 0.700. The standard InChI is InChI=1S/C10H19N3O/c1-4-5-11-6-9-7-12-10(13-9)8(2)14-3/h7-8,11H,4-6H2,1-3H3,(H,12,13). The van der Waals surface area contributed by atoms with Crippen molar-refractivity contribution >= 4 is 0 Å². The van der Waals surface area contributed by atoms with Crippen LogP contribution in [0.2, 0.25) is 0 Å². The molecule has 0 saturated heterocycles. The van der Waals surface area contributed by atoms with Crippen LogP contribution in [0.25, 0.3) is 0 Å². The average molecular weight is 197 g/mol. The van der Waals surface area contributed by atoms with Gasteiger partial charge in [0, 0.05) is 25.5 Å². The maximum Gasteiger partial charge on any atom is 0.135 e. The van der Waals surface area contributed by atoms with Crippen LogP contribution in [0.1, 0.15) is 37.9 Å². The van der Waals surface area contributed by atoms with Crippen molar-refractivity contribution in [3.05, 3.63) is 17.7 Å². The van der Waals surface area contributed by atoms with Gasteiger partial charge in [-0.1, -0.05) is 6.92 Å². The molecule has 2 N–H and O–H groups in total. The van der Waals surface area contributed by atoms with Crippen molar-refractivity contribution in [2.45, 2.75) is 32.9 Å². The number of nitrogens with zero attached hydrogens (tertiary/aromatic N) is 1. The molecule has 0 aliphatic rings. The number of hydrogen-bond acceptors (Lipinski definition) is 3. The minimum atomic E-state index is 0.0370. The van der Waals surface area contributed by atoms with E-state index in [2.05, 4.69) is 22.2 Å². The lowest BCUT2D eigenvalue weighted by Crippen LogP contribution is -2.14. The van der Waals surface area contributed by atoms with E-state index in [0.29, 0.717) is 0 Å². The van der Waals surface area contributed by atoms with Gasteiger partial charge in [0.05, 0.1) is 0 Å². The summed E-state index contributed by atoms with van der Waals surface area (Å²) in [6.07, 6.45) is 3.04. The van der Waals surface area contributed by atoms with E-state index in [4.69, 9.17) is 4.74 Å². The molecule has 80 valence electrons. The first-order valence-electron chi connectivity index (χ1n) is 5.05. The number of methoxy groups -OCH3 is 1. The van der Waals surface area contributed by atoms with E-state index in [0.717, 1.165) is 31.0 Å². The van der Waals surface area contributed by atoms with Gasteiger partial charge < -0.3 is 15.0 Å². The number of H-pyrrole nitrogens is 1. The molecule has 0 aliphatic carbocycles. The zero-order valence-corrected chi connectivity index (χ0v) is 9.13. The zero-order valence-electron chi connectivity index (χ0n) is 9.13. The molecular weight excluding hydrogens is 178 g/mol. The van der Waals surface area contributed by atoms with Crippen LogP contribution in [0.3, 0.4) is 0 Å². The third kappa shape index (κ3) is 3.12. The number of ether oxygens (including phenoxy) is 1. The Bertz CT molecular complexity index is 260. The summed E-state index contributed by atoms with van der Waals surface area (Å²) >= 11 is 0. The lowest BCUT2D eigenvalue weighted by molar-refractivity contribution is 0.112. The summed E-state index contributed by atoms with van der Waals surface area (Å²) in [4.78, 5) is 7.47. The summed E-state index contributed by atoms with van der Waals surface area (Å²) in [5.41, 5.74) is 1.11. The second-order valence-electron chi connectivity index (χ2n) is 3.35. The second-order valence-corrected chi connectivity index (χ2v) is 3.35. The van der Waals surface area contributed by atoms with E-state index >= 15 is 0 Å². The zero-order chi connectivity index (χ0) is 10.4. The third-order valence-electron chi connectivity index (χ3n) is 2.13. The SMILES string of the molecule is CCCNCc1cnc(C(C)OC)[nH]1. The van der Waals surface area contributed by atoms with Gasteiger partial charge in [-0.05, 0) is 19.9 Å². The molecule has 0 spiro atoms. The van der Waals surface area contributed by atoms with Crippen LogP contribution in [0.4, 0.5) is 0 Å². The number of aromatic nitrogens is 2. The van der Waals surface area contributed by atoms with E-state index in [9.17, 15) is 0 Å². The number of imidazole rings is 1. The van der Waals surface area contributed by atoms with E-state index in [-0.39, 0.29) is 6.10 Å². The summed E-state index contributed by atoms with van der Waals surface area (Å²) in [6, 6.07) is 0. The Kier molecular flexibility index (Phi) is 4.62. The summed E-state index contributed by atoms with van der Waals surface area (Å²) < 4.78 is 5.16. The van der Waals surface area contributed by atoms with Crippen molar-refractivity contribution in [2.24, 2.45) is 0 Å². The van der Waals surface area contributed by atoms with Crippen LogP contribution < -0.4 is 5.32 Å². The van der Waals surface area contributed by atoms with E-state index in [1.54, 1.807) is 7.11 Å². The van der Waals surface area contributed by atoms with Crippen LogP contribution in [-0.2, 0) is 11.3 Å². The maximum atomic E-state index is 5.16. The highest BCUT2D eigenvalue weighted by Gasteiger charge is 2.07.